The van der Waals surface area contributed by atoms with Crippen molar-refractivity contribution in [3.8, 4) is 5.75 Å². The van der Waals surface area contributed by atoms with Crippen LogP contribution in [0.2, 0.25) is 0 Å². The highest BCUT2D eigenvalue weighted by Gasteiger charge is 2.17. The number of hydrogen-bond donors (Lipinski definition) is 2. The Hall–Kier alpha value is -1.78. The molecule has 0 fully saturated rings. The molecule has 88 valence electrons. The number of pyridine rings is 1. The van der Waals surface area contributed by atoms with Crippen molar-refractivity contribution in [3.05, 3.63) is 18.0 Å². The summed E-state index contributed by atoms with van der Waals surface area (Å²) in [5.41, 5.74) is 0.424. The van der Waals surface area contributed by atoms with Gasteiger partial charge in [0, 0.05) is 5.69 Å². The summed E-state index contributed by atoms with van der Waals surface area (Å²) < 4.78 is 5.05. The van der Waals surface area contributed by atoms with E-state index in [0.29, 0.717) is 11.4 Å². The molecule has 0 aliphatic carbocycles. The smallest absolute Gasteiger partial charge is 0.412 e. The van der Waals surface area contributed by atoms with E-state index < -0.39 is 11.7 Å². The number of rotatable bonds is 1. The lowest BCUT2D eigenvalue weighted by Crippen LogP contribution is -2.27. The molecule has 1 heterocycles. The van der Waals surface area contributed by atoms with Gasteiger partial charge in [0.1, 0.15) is 5.60 Å². The number of aryl methyl sites for hydroxylation is 1. The molecule has 0 bridgehead atoms. The van der Waals surface area contributed by atoms with Crippen LogP contribution in [0.5, 0.6) is 5.75 Å². The maximum absolute atomic E-state index is 11.4. The molecular weight excluding hydrogens is 208 g/mol. The quantitative estimate of drug-likeness (QED) is 0.768. The summed E-state index contributed by atoms with van der Waals surface area (Å²) in [7, 11) is 0. The molecule has 1 amide bonds. The van der Waals surface area contributed by atoms with Crippen LogP contribution in [0.25, 0.3) is 0 Å². The first kappa shape index (κ1) is 12.3. The summed E-state index contributed by atoms with van der Waals surface area (Å²) in [6.07, 6.45) is 0.676. The molecule has 0 saturated carbocycles. The second kappa shape index (κ2) is 4.38. The van der Waals surface area contributed by atoms with Crippen LogP contribution < -0.4 is 5.32 Å². The van der Waals surface area contributed by atoms with Crippen molar-refractivity contribution < 1.29 is 14.6 Å². The minimum absolute atomic E-state index is 0.0866. The van der Waals surface area contributed by atoms with Crippen molar-refractivity contribution in [2.45, 2.75) is 33.3 Å². The number of aromatic nitrogens is 1. The van der Waals surface area contributed by atoms with E-state index in [1.807, 2.05) is 0 Å². The fourth-order valence-corrected chi connectivity index (χ4v) is 1.07. The van der Waals surface area contributed by atoms with Gasteiger partial charge in [0.15, 0.2) is 5.75 Å². The normalized spacial score (nSPS) is 11.0. The second-order valence-electron chi connectivity index (χ2n) is 4.47. The number of amides is 1. The number of carbonyl (C=O) groups excluding carboxylic acids is 1. The molecule has 1 aromatic rings. The topological polar surface area (TPSA) is 71.5 Å². The summed E-state index contributed by atoms with van der Waals surface area (Å²) >= 11 is 0. The van der Waals surface area contributed by atoms with Crippen LogP contribution in [0, 0.1) is 6.92 Å². The Bertz CT molecular complexity index is 397. The lowest BCUT2D eigenvalue weighted by atomic mass is 10.2. The van der Waals surface area contributed by atoms with Crippen molar-refractivity contribution in [2.24, 2.45) is 0 Å². The molecule has 5 nitrogen and oxygen atoms in total. The van der Waals surface area contributed by atoms with Gasteiger partial charge in [-0.2, -0.15) is 0 Å². The van der Waals surface area contributed by atoms with Gasteiger partial charge >= 0.3 is 6.09 Å². The lowest BCUT2D eigenvalue weighted by molar-refractivity contribution is 0.0635. The molecule has 0 aliphatic heterocycles. The Balaban J connectivity index is 2.73. The van der Waals surface area contributed by atoms with Gasteiger partial charge < -0.3 is 9.84 Å². The predicted molar refractivity (Wildman–Crippen MR) is 60.5 cm³/mol. The molecule has 0 aliphatic rings. The van der Waals surface area contributed by atoms with Crippen molar-refractivity contribution in [1.29, 1.82) is 0 Å². The fourth-order valence-electron chi connectivity index (χ4n) is 1.07. The zero-order valence-electron chi connectivity index (χ0n) is 9.87. The highest BCUT2D eigenvalue weighted by atomic mass is 16.6. The zero-order valence-corrected chi connectivity index (χ0v) is 9.87. The minimum Gasteiger partial charge on any atom is -0.504 e. The van der Waals surface area contributed by atoms with E-state index in [-0.39, 0.29) is 5.75 Å². The van der Waals surface area contributed by atoms with Gasteiger partial charge in [-0.15, -0.1) is 0 Å². The van der Waals surface area contributed by atoms with E-state index in [9.17, 15) is 9.90 Å². The van der Waals surface area contributed by atoms with E-state index >= 15 is 0 Å². The number of nitrogens with one attached hydrogen (secondary N) is 1. The van der Waals surface area contributed by atoms with Crippen molar-refractivity contribution in [3.63, 3.8) is 0 Å². The van der Waals surface area contributed by atoms with Gasteiger partial charge in [-0.1, -0.05) is 0 Å². The van der Waals surface area contributed by atoms with E-state index in [4.69, 9.17) is 4.74 Å². The molecule has 0 saturated heterocycles. The Kier molecular flexibility index (Phi) is 3.37. The second-order valence-corrected chi connectivity index (χ2v) is 4.47. The largest absolute Gasteiger partial charge is 0.504 e. The highest BCUT2D eigenvalue weighted by molar-refractivity contribution is 5.86. The average molecular weight is 224 g/mol. The van der Waals surface area contributed by atoms with Gasteiger partial charge in [-0.25, -0.2) is 4.79 Å². The van der Waals surface area contributed by atoms with E-state index in [1.54, 1.807) is 33.8 Å². The average Bonchev–Trinajstić information content (AvgIpc) is 2.08. The zero-order chi connectivity index (χ0) is 12.3. The third-order valence-electron chi connectivity index (χ3n) is 1.66. The Labute approximate surface area is 94.5 Å². The number of nitrogens with zero attached hydrogens (tertiary/aromatic N) is 1. The van der Waals surface area contributed by atoms with Gasteiger partial charge in [-0.05, 0) is 33.8 Å². The van der Waals surface area contributed by atoms with Crippen molar-refractivity contribution in [2.75, 3.05) is 5.32 Å². The third kappa shape index (κ3) is 3.76. The van der Waals surface area contributed by atoms with Gasteiger partial charge in [0.2, 0.25) is 0 Å². The summed E-state index contributed by atoms with van der Waals surface area (Å²) in [5, 5.41) is 11.9. The number of anilines is 1. The molecule has 1 rings (SSSR count). The standard InChI is InChI=1S/C11H16N2O3/c1-7-5-8(9(14)6-12-7)13-10(15)16-11(2,3)4/h5-6,14H,1-4H3,(H,12,13,15). The minimum atomic E-state index is -0.603. The van der Waals surface area contributed by atoms with Crippen molar-refractivity contribution in [1.82, 2.24) is 4.98 Å². The van der Waals surface area contributed by atoms with Crippen LogP contribution in [0.1, 0.15) is 26.5 Å². The van der Waals surface area contributed by atoms with Crippen LogP contribution in [0.4, 0.5) is 10.5 Å². The van der Waals surface area contributed by atoms with E-state index in [1.165, 1.54) is 6.20 Å². The van der Waals surface area contributed by atoms with E-state index in [2.05, 4.69) is 10.3 Å². The lowest BCUT2D eigenvalue weighted by Gasteiger charge is -2.19. The monoisotopic (exact) mass is 224 g/mol. The fraction of sp³-hybridized carbons (Fsp3) is 0.455. The van der Waals surface area contributed by atoms with Gasteiger partial charge in [-0.3, -0.25) is 10.3 Å². The molecule has 0 spiro atoms. The number of hydrogen-bond acceptors (Lipinski definition) is 4. The maximum atomic E-state index is 11.4. The van der Waals surface area contributed by atoms with E-state index in [0.717, 1.165) is 0 Å². The number of aromatic hydroxyl groups is 1. The number of carbonyl (C=O) groups is 1. The van der Waals surface area contributed by atoms with Gasteiger partial charge in [0.25, 0.3) is 0 Å². The molecule has 1 aromatic heterocycles. The highest BCUT2D eigenvalue weighted by Crippen LogP contribution is 2.22. The molecule has 0 unspecified atom stereocenters. The van der Waals surface area contributed by atoms with Crippen molar-refractivity contribution >= 4 is 11.8 Å². The summed E-state index contributed by atoms with van der Waals surface area (Å²) in [5.74, 6) is -0.0866. The molecule has 0 atom stereocenters. The first-order valence-corrected chi connectivity index (χ1v) is 4.93. The molecule has 0 radical (unpaired) electrons. The predicted octanol–water partition coefficient (Wildman–Crippen LogP) is 2.44. The molecular formula is C11H16N2O3. The summed E-state index contributed by atoms with van der Waals surface area (Å²) in [6.45, 7) is 7.07. The van der Waals surface area contributed by atoms with Crippen LogP contribution in [0.3, 0.4) is 0 Å². The maximum Gasteiger partial charge on any atom is 0.412 e. The Morgan fingerprint density at radius 1 is 1.50 bits per heavy atom. The summed E-state index contributed by atoms with van der Waals surface area (Å²) in [6, 6.07) is 1.57. The molecule has 16 heavy (non-hydrogen) atoms. The van der Waals surface area contributed by atoms with Gasteiger partial charge in [0.05, 0.1) is 11.9 Å². The molecule has 5 heteroatoms. The number of ether oxygens (including phenoxy) is 1. The van der Waals surface area contributed by atoms with Crippen LogP contribution in [0.15, 0.2) is 12.3 Å². The Morgan fingerprint density at radius 2 is 2.12 bits per heavy atom. The third-order valence-corrected chi connectivity index (χ3v) is 1.66. The first-order chi connectivity index (χ1) is 7.28. The van der Waals surface area contributed by atoms with Crippen LogP contribution in [-0.2, 0) is 4.74 Å². The van der Waals surface area contributed by atoms with Crippen LogP contribution >= 0.6 is 0 Å². The summed E-state index contributed by atoms with van der Waals surface area (Å²) in [4.78, 5) is 15.3. The Morgan fingerprint density at radius 3 is 2.69 bits per heavy atom. The molecule has 0 aromatic carbocycles. The SMILES string of the molecule is Cc1cc(NC(=O)OC(C)(C)C)c(O)cn1. The first-order valence-electron chi connectivity index (χ1n) is 4.93. The van der Waals surface area contributed by atoms with Crippen LogP contribution in [-0.4, -0.2) is 21.8 Å². The molecule has 2 N–H and O–H groups in total.